The lowest BCUT2D eigenvalue weighted by molar-refractivity contribution is -0.384. The second-order valence-corrected chi connectivity index (χ2v) is 4.77. The number of benzene rings is 2. The van der Waals surface area contributed by atoms with Gasteiger partial charge in [-0.05, 0) is 18.6 Å². The molecule has 21 heavy (non-hydrogen) atoms. The number of hydrogen-bond acceptors (Lipinski definition) is 5. The molecule has 0 bridgehead atoms. The number of hydrogen-bond donors (Lipinski definition) is 3. The fourth-order valence-corrected chi connectivity index (χ4v) is 2.01. The van der Waals surface area contributed by atoms with Gasteiger partial charge in [-0.3, -0.25) is 10.1 Å². The Bertz CT molecular complexity index is 641. The molecule has 0 heterocycles. The van der Waals surface area contributed by atoms with Gasteiger partial charge in [0, 0.05) is 36.3 Å². The fraction of sp³-hybridized carbons (Fsp3) is 0.200. The molecule has 0 saturated heterocycles. The average molecular weight is 288 g/mol. The van der Waals surface area contributed by atoms with Crippen molar-refractivity contribution in [3.63, 3.8) is 0 Å². The van der Waals surface area contributed by atoms with Crippen molar-refractivity contribution in [2.45, 2.75) is 19.5 Å². The Morgan fingerprint density at radius 3 is 2.43 bits per heavy atom. The first-order chi connectivity index (χ1) is 9.97. The number of phenols is 2. The normalized spacial score (nSPS) is 12.0. The van der Waals surface area contributed by atoms with E-state index in [1.54, 1.807) is 18.2 Å². The van der Waals surface area contributed by atoms with Gasteiger partial charge in [0.1, 0.15) is 11.5 Å². The Morgan fingerprint density at radius 2 is 1.86 bits per heavy atom. The Hall–Kier alpha value is -2.60. The molecule has 2 aromatic rings. The van der Waals surface area contributed by atoms with E-state index in [0.717, 1.165) is 5.56 Å². The van der Waals surface area contributed by atoms with Crippen molar-refractivity contribution >= 4 is 5.69 Å². The fourth-order valence-electron chi connectivity index (χ4n) is 2.01. The van der Waals surface area contributed by atoms with Gasteiger partial charge in [0.15, 0.2) is 0 Å². The summed E-state index contributed by atoms with van der Waals surface area (Å²) in [6.45, 7) is 2.40. The quantitative estimate of drug-likeness (QED) is 0.580. The molecule has 0 amide bonds. The van der Waals surface area contributed by atoms with E-state index in [2.05, 4.69) is 5.32 Å². The summed E-state index contributed by atoms with van der Waals surface area (Å²) in [7, 11) is 0. The van der Waals surface area contributed by atoms with Crippen molar-refractivity contribution in [2.75, 3.05) is 0 Å². The number of nitro groups is 1. The first-order valence-corrected chi connectivity index (χ1v) is 6.46. The minimum absolute atomic E-state index is 0.0128. The number of nitrogens with one attached hydrogen (secondary N) is 1. The molecule has 2 aromatic carbocycles. The molecule has 0 aliphatic carbocycles. The summed E-state index contributed by atoms with van der Waals surface area (Å²) in [5.41, 5.74) is 1.64. The summed E-state index contributed by atoms with van der Waals surface area (Å²) < 4.78 is 0. The number of non-ortho nitro benzene ring substituents is 1. The third-order valence-corrected chi connectivity index (χ3v) is 3.24. The van der Waals surface area contributed by atoms with Crippen molar-refractivity contribution in [3.8, 4) is 11.5 Å². The van der Waals surface area contributed by atoms with Crippen LogP contribution in [0, 0.1) is 10.1 Å². The van der Waals surface area contributed by atoms with Gasteiger partial charge in [0.25, 0.3) is 5.69 Å². The summed E-state index contributed by atoms with van der Waals surface area (Å²) in [5, 5.41) is 32.8. The second kappa shape index (κ2) is 6.23. The first kappa shape index (κ1) is 14.8. The number of aromatic hydroxyl groups is 2. The smallest absolute Gasteiger partial charge is 0.269 e. The predicted octanol–water partition coefficient (Wildman–Crippen LogP) is 2.86. The van der Waals surface area contributed by atoms with Crippen LogP contribution in [-0.4, -0.2) is 15.1 Å². The molecule has 6 nitrogen and oxygen atoms in total. The first-order valence-electron chi connectivity index (χ1n) is 6.46. The molecule has 0 aliphatic rings. The standard InChI is InChI=1S/C15H16N2O4/c1-10(14-7-6-13(18)8-15(14)19)16-9-11-2-4-12(5-3-11)17(20)21/h2-8,10,16,18-19H,9H2,1H3. The van der Waals surface area contributed by atoms with Crippen molar-refractivity contribution in [3.05, 3.63) is 63.7 Å². The largest absolute Gasteiger partial charge is 0.508 e. The molecule has 0 saturated carbocycles. The maximum absolute atomic E-state index is 10.6. The topological polar surface area (TPSA) is 95.6 Å². The molecule has 1 atom stereocenters. The van der Waals surface area contributed by atoms with Crippen LogP contribution in [0.25, 0.3) is 0 Å². The van der Waals surface area contributed by atoms with E-state index in [-0.39, 0.29) is 23.2 Å². The molecule has 2 rings (SSSR count). The summed E-state index contributed by atoms with van der Waals surface area (Å²) in [5.74, 6) is 0.0394. The molecule has 0 aliphatic heterocycles. The van der Waals surface area contributed by atoms with E-state index in [1.807, 2.05) is 6.92 Å². The van der Waals surface area contributed by atoms with Crippen LogP contribution in [0.1, 0.15) is 24.1 Å². The van der Waals surface area contributed by atoms with Crippen molar-refractivity contribution in [1.29, 1.82) is 0 Å². The molecule has 1 unspecified atom stereocenters. The summed E-state index contributed by atoms with van der Waals surface area (Å²) >= 11 is 0. The summed E-state index contributed by atoms with van der Waals surface area (Å²) in [6.07, 6.45) is 0. The van der Waals surface area contributed by atoms with Crippen LogP contribution in [0.3, 0.4) is 0 Å². The number of nitro benzene ring substituents is 1. The van der Waals surface area contributed by atoms with Gasteiger partial charge in [-0.25, -0.2) is 0 Å². The Labute approximate surface area is 121 Å². The number of rotatable bonds is 5. The number of phenolic OH excluding ortho intramolecular Hbond substituents is 2. The lowest BCUT2D eigenvalue weighted by Crippen LogP contribution is -2.18. The van der Waals surface area contributed by atoms with Crippen LogP contribution in [0.15, 0.2) is 42.5 Å². The molecule has 0 radical (unpaired) electrons. The maximum atomic E-state index is 10.6. The van der Waals surface area contributed by atoms with E-state index in [1.165, 1.54) is 24.3 Å². The van der Waals surface area contributed by atoms with Gasteiger partial charge in [-0.2, -0.15) is 0 Å². The van der Waals surface area contributed by atoms with Crippen LogP contribution in [0.2, 0.25) is 0 Å². The molecule has 6 heteroatoms. The lowest BCUT2D eigenvalue weighted by atomic mass is 10.1. The van der Waals surface area contributed by atoms with E-state index in [9.17, 15) is 20.3 Å². The molecule has 110 valence electrons. The van der Waals surface area contributed by atoms with Crippen LogP contribution < -0.4 is 5.32 Å². The predicted molar refractivity (Wildman–Crippen MR) is 78.1 cm³/mol. The highest BCUT2D eigenvalue weighted by molar-refractivity contribution is 5.40. The highest BCUT2D eigenvalue weighted by Crippen LogP contribution is 2.27. The third kappa shape index (κ3) is 3.70. The molecule has 3 N–H and O–H groups in total. The maximum Gasteiger partial charge on any atom is 0.269 e. The van der Waals surface area contributed by atoms with E-state index >= 15 is 0 Å². The monoisotopic (exact) mass is 288 g/mol. The highest BCUT2D eigenvalue weighted by Gasteiger charge is 2.11. The molecule has 0 spiro atoms. The van der Waals surface area contributed by atoms with Gasteiger partial charge in [0.05, 0.1) is 4.92 Å². The van der Waals surface area contributed by atoms with Crippen LogP contribution in [-0.2, 0) is 6.54 Å². The minimum Gasteiger partial charge on any atom is -0.508 e. The van der Waals surface area contributed by atoms with Crippen molar-refractivity contribution in [1.82, 2.24) is 5.32 Å². The van der Waals surface area contributed by atoms with E-state index in [4.69, 9.17) is 0 Å². The second-order valence-electron chi connectivity index (χ2n) is 4.77. The molecule has 0 fully saturated rings. The van der Waals surface area contributed by atoms with Crippen LogP contribution in [0.4, 0.5) is 5.69 Å². The van der Waals surface area contributed by atoms with Gasteiger partial charge >= 0.3 is 0 Å². The van der Waals surface area contributed by atoms with E-state index < -0.39 is 4.92 Å². The average Bonchev–Trinajstić information content (AvgIpc) is 2.45. The molecule has 0 aromatic heterocycles. The Kier molecular flexibility index (Phi) is 4.39. The molecular weight excluding hydrogens is 272 g/mol. The molecular formula is C15H16N2O4. The van der Waals surface area contributed by atoms with Gasteiger partial charge < -0.3 is 15.5 Å². The van der Waals surface area contributed by atoms with E-state index in [0.29, 0.717) is 12.1 Å². The van der Waals surface area contributed by atoms with Gasteiger partial charge in [-0.15, -0.1) is 0 Å². The third-order valence-electron chi connectivity index (χ3n) is 3.24. The Balaban J connectivity index is 2.00. The van der Waals surface area contributed by atoms with Crippen molar-refractivity contribution in [2.24, 2.45) is 0 Å². The zero-order valence-electron chi connectivity index (χ0n) is 11.5. The van der Waals surface area contributed by atoms with Crippen LogP contribution in [0.5, 0.6) is 11.5 Å². The number of nitrogens with zero attached hydrogens (tertiary/aromatic N) is 1. The zero-order chi connectivity index (χ0) is 15.4. The lowest BCUT2D eigenvalue weighted by Gasteiger charge is -2.15. The van der Waals surface area contributed by atoms with Gasteiger partial charge in [-0.1, -0.05) is 18.2 Å². The summed E-state index contributed by atoms with van der Waals surface area (Å²) in [4.78, 5) is 10.1. The summed E-state index contributed by atoms with van der Waals surface area (Å²) in [6, 6.07) is 10.6. The van der Waals surface area contributed by atoms with Gasteiger partial charge in [0.2, 0.25) is 0 Å². The Morgan fingerprint density at radius 1 is 1.19 bits per heavy atom. The highest BCUT2D eigenvalue weighted by atomic mass is 16.6. The SMILES string of the molecule is CC(NCc1ccc([N+](=O)[O-])cc1)c1ccc(O)cc1O. The minimum atomic E-state index is -0.436. The zero-order valence-corrected chi connectivity index (χ0v) is 11.5. The van der Waals surface area contributed by atoms with Crippen molar-refractivity contribution < 1.29 is 15.1 Å². The van der Waals surface area contributed by atoms with Crippen LogP contribution >= 0.6 is 0 Å².